The average Bonchev–Trinajstić information content (AvgIpc) is 2.55. The van der Waals surface area contributed by atoms with E-state index in [-0.39, 0.29) is 26.1 Å². The van der Waals surface area contributed by atoms with Crippen molar-refractivity contribution in [1.29, 1.82) is 0 Å². The first-order chi connectivity index (χ1) is 11.3. The third kappa shape index (κ3) is 5.29. The summed E-state index contributed by atoms with van der Waals surface area (Å²) in [6.45, 7) is 3.90. The molecule has 0 spiro atoms. The Balaban J connectivity index is 2.99. The van der Waals surface area contributed by atoms with Gasteiger partial charge in [0.25, 0.3) is 0 Å². The third-order valence-corrected chi connectivity index (χ3v) is 4.74. The van der Waals surface area contributed by atoms with Crippen molar-refractivity contribution in [3.63, 3.8) is 0 Å². The van der Waals surface area contributed by atoms with E-state index < -0.39 is 33.7 Å². The highest BCUT2D eigenvalue weighted by Gasteiger charge is 2.51. The van der Waals surface area contributed by atoms with Crippen molar-refractivity contribution in [2.24, 2.45) is 5.41 Å². The molecule has 8 nitrogen and oxygen atoms in total. The number of nitrogens with one attached hydrogen (secondary N) is 1. The zero-order chi connectivity index (χ0) is 18.2. The van der Waals surface area contributed by atoms with Crippen LogP contribution in [0, 0.1) is 5.41 Å². The Morgan fingerprint density at radius 3 is 2.50 bits per heavy atom. The second kappa shape index (κ2) is 9.14. The lowest BCUT2D eigenvalue weighted by molar-refractivity contribution is -0.173. The molecule has 0 unspecified atom stereocenters. The molecule has 0 aromatic rings. The summed E-state index contributed by atoms with van der Waals surface area (Å²) in [6, 6.07) is -0.771. The van der Waals surface area contributed by atoms with Gasteiger partial charge in [-0.05, 0) is 26.2 Å². The molecule has 0 aliphatic heterocycles. The molecular weight excluding hydrogens is 338 g/mol. The summed E-state index contributed by atoms with van der Waals surface area (Å²) in [7, 11) is -2.94. The maximum absolute atomic E-state index is 12.5. The number of ether oxygens (including phenoxy) is 2. The quantitative estimate of drug-likeness (QED) is 0.283. The normalized spacial score (nSPS) is 23.7. The minimum atomic E-state index is -3.96. The van der Waals surface area contributed by atoms with Crippen LogP contribution in [0.4, 0.5) is 0 Å². The van der Waals surface area contributed by atoms with E-state index in [1.807, 2.05) is 6.92 Å². The molecule has 0 fully saturated rings. The van der Waals surface area contributed by atoms with Crippen LogP contribution >= 0.6 is 0 Å². The Morgan fingerprint density at radius 2 is 1.92 bits per heavy atom. The standard InChI is InChI=1S/C15H25NO7S/c1-4-6-10-23-14(18)15(13(17)22-5-2)9-7-8-12(11-15)16-24(19,20)21-3/h7-8,12,16H,4-6,9-11H2,1-3H3/t12-,15+/m0/s1. The minimum absolute atomic E-state index is 0.0874. The highest BCUT2D eigenvalue weighted by atomic mass is 32.2. The van der Waals surface area contributed by atoms with Crippen molar-refractivity contribution in [1.82, 2.24) is 4.72 Å². The molecule has 0 heterocycles. The van der Waals surface area contributed by atoms with Crippen molar-refractivity contribution in [3.8, 4) is 0 Å². The summed E-state index contributed by atoms with van der Waals surface area (Å²) >= 11 is 0. The molecule has 0 aromatic carbocycles. The largest absolute Gasteiger partial charge is 0.465 e. The number of hydrogen-bond donors (Lipinski definition) is 1. The van der Waals surface area contributed by atoms with Crippen LogP contribution in [0.15, 0.2) is 12.2 Å². The van der Waals surface area contributed by atoms with Gasteiger partial charge in [0.1, 0.15) is 0 Å². The van der Waals surface area contributed by atoms with E-state index in [0.717, 1.165) is 13.5 Å². The maximum Gasteiger partial charge on any atom is 0.336 e. The first kappa shape index (κ1) is 20.6. The smallest absolute Gasteiger partial charge is 0.336 e. The van der Waals surface area contributed by atoms with Crippen molar-refractivity contribution in [3.05, 3.63) is 12.2 Å². The fourth-order valence-electron chi connectivity index (χ4n) is 2.41. The van der Waals surface area contributed by atoms with Gasteiger partial charge in [-0.15, -0.1) is 0 Å². The molecule has 1 aliphatic carbocycles. The average molecular weight is 363 g/mol. The number of rotatable bonds is 9. The van der Waals surface area contributed by atoms with Gasteiger partial charge in [0.15, 0.2) is 5.41 Å². The van der Waals surface area contributed by atoms with E-state index >= 15 is 0 Å². The Hall–Kier alpha value is -1.45. The molecule has 1 rings (SSSR count). The van der Waals surface area contributed by atoms with E-state index in [9.17, 15) is 18.0 Å². The van der Waals surface area contributed by atoms with Crippen LogP contribution in [0.2, 0.25) is 0 Å². The molecule has 9 heteroatoms. The molecule has 0 aromatic heterocycles. The zero-order valence-electron chi connectivity index (χ0n) is 14.2. The van der Waals surface area contributed by atoms with Crippen LogP contribution in [-0.4, -0.2) is 46.7 Å². The Bertz CT molecular complexity index is 572. The fourth-order valence-corrected chi connectivity index (χ4v) is 3.04. The number of hydrogen-bond acceptors (Lipinski definition) is 7. The Morgan fingerprint density at radius 1 is 1.25 bits per heavy atom. The third-order valence-electron chi connectivity index (χ3n) is 3.71. The molecule has 0 bridgehead atoms. The van der Waals surface area contributed by atoms with Crippen LogP contribution < -0.4 is 4.72 Å². The number of carbonyl (C=O) groups excluding carboxylic acids is 2. The zero-order valence-corrected chi connectivity index (χ0v) is 15.1. The molecule has 1 N–H and O–H groups in total. The predicted molar refractivity (Wildman–Crippen MR) is 86.2 cm³/mol. The molecule has 138 valence electrons. The maximum atomic E-state index is 12.5. The lowest BCUT2D eigenvalue weighted by atomic mass is 9.75. The molecular formula is C15H25NO7S. The number of carbonyl (C=O) groups is 2. The highest BCUT2D eigenvalue weighted by Crippen LogP contribution is 2.36. The lowest BCUT2D eigenvalue weighted by Crippen LogP contribution is -2.49. The van der Waals surface area contributed by atoms with E-state index in [2.05, 4.69) is 8.91 Å². The minimum Gasteiger partial charge on any atom is -0.465 e. The second-order valence-electron chi connectivity index (χ2n) is 5.47. The topological polar surface area (TPSA) is 108 Å². The van der Waals surface area contributed by atoms with Crippen molar-refractivity contribution in [2.75, 3.05) is 20.3 Å². The second-order valence-corrected chi connectivity index (χ2v) is 6.95. The van der Waals surface area contributed by atoms with Crippen molar-refractivity contribution in [2.45, 2.75) is 45.6 Å². The summed E-state index contributed by atoms with van der Waals surface area (Å²) < 4.78 is 40.0. The van der Waals surface area contributed by atoms with Gasteiger partial charge < -0.3 is 9.47 Å². The molecule has 0 saturated carbocycles. The monoisotopic (exact) mass is 363 g/mol. The number of unbranched alkanes of at least 4 members (excludes halogenated alkanes) is 1. The SMILES string of the molecule is CCCCOC(=O)[C@]1(C(=O)OCC)CC=C[C@H](NS(=O)(=O)OC)C1. The Kier molecular flexibility index (Phi) is 7.85. The van der Waals surface area contributed by atoms with Gasteiger partial charge >= 0.3 is 22.2 Å². The van der Waals surface area contributed by atoms with Crippen molar-refractivity contribution >= 4 is 22.2 Å². The van der Waals surface area contributed by atoms with Gasteiger partial charge in [-0.1, -0.05) is 25.5 Å². The van der Waals surface area contributed by atoms with Gasteiger partial charge in [-0.3, -0.25) is 13.8 Å². The molecule has 0 amide bonds. The van der Waals surface area contributed by atoms with Crippen molar-refractivity contribution < 1.29 is 31.7 Å². The van der Waals surface area contributed by atoms with Crippen LogP contribution in [0.5, 0.6) is 0 Å². The molecule has 0 saturated heterocycles. The van der Waals surface area contributed by atoms with Crippen LogP contribution in [0.1, 0.15) is 39.5 Å². The number of allylic oxidation sites excluding steroid dienone is 1. The van der Waals surface area contributed by atoms with Crippen LogP contribution in [0.3, 0.4) is 0 Å². The highest BCUT2D eigenvalue weighted by molar-refractivity contribution is 7.84. The first-order valence-corrected chi connectivity index (χ1v) is 9.31. The lowest BCUT2D eigenvalue weighted by Gasteiger charge is -2.33. The predicted octanol–water partition coefficient (Wildman–Crippen LogP) is 1.08. The Labute approximate surface area is 142 Å². The summed E-state index contributed by atoms with van der Waals surface area (Å²) in [5.41, 5.74) is -1.56. The van der Waals surface area contributed by atoms with Gasteiger partial charge in [-0.25, -0.2) is 0 Å². The summed E-state index contributed by atoms with van der Waals surface area (Å²) in [6.07, 6.45) is 4.69. The summed E-state index contributed by atoms with van der Waals surface area (Å²) in [4.78, 5) is 24.9. The van der Waals surface area contributed by atoms with Crippen LogP contribution in [0.25, 0.3) is 0 Å². The summed E-state index contributed by atoms with van der Waals surface area (Å²) in [5, 5.41) is 0. The molecule has 24 heavy (non-hydrogen) atoms. The van der Waals surface area contributed by atoms with E-state index in [1.54, 1.807) is 19.1 Å². The molecule has 2 atom stereocenters. The fraction of sp³-hybridized carbons (Fsp3) is 0.733. The number of esters is 2. The van der Waals surface area contributed by atoms with E-state index in [4.69, 9.17) is 9.47 Å². The first-order valence-electron chi connectivity index (χ1n) is 7.90. The summed E-state index contributed by atoms with van der Waals surface area (Å²) in [5.74, 6) is -1.40. The van der Waals surface area contributed by atoms with Gasteiger partial charge in [-0.2, -0.15) is 13.1 Å². The molecule has 1 aliphatic rings. The van der Waals surface area contributed by atoms with Gasteiger partial charge in [0.2, 0.25) is 0 Å². The van der Waals surface area contributed by atoms with Gasteiger partial charge in [0, 0.05) is 6.04 Å². The molecule has 0 radical (unpaired) electrons. The van der Waals surface area contributed by atoms with E-state index in [0.29, 0.717) is 6.42 Å². The van der Waals surface area contributed by atoms with E-state index in [1.165, 1.54) is 0 Å². The van der Waals surface area contributed by atoms with Crippen LogP contribution in [-0.2, 0) is 33.6 Å². The van der Waals surface area contributed by atoms with Gasteiger partial charge in [0.05, 0.1) is 20.3 Å².